The molecule has 0 heterocycles. The number of likely N-dealkylation sites (N-methyl/N-ethyl adjacent to an activating group) is 1. The molecule has 0 unspecified atom stereocenters. The van der Waals surface area contributed by atoms with E-state index in [1.807, 2.05) is 0 Å². The molecule has 0 aromatic heterocycles. The Kier molecular flexibility index (Phi) is 4.80. The SMILES string of the molecule is CNC(=O)CNS(=O)(=O)c1ccc(Cl)c(N)c1Cl. The lowest BCUT2D eigenvalue weighted by atomic mass is 10.3. The maximum Gasteiger partial charge on any atom is 0.242 e. The predicted octanol–water partition coefficient (Wildman–Crippen LogP) is 0.600. The Morgan fingerprint density at radius 2 is 2.00 bits per heavy atom. The minimum absolute atomic E-state index is 0.0267. The van der Waals surface area contributed by atoms with Crippen molar-refractivity contribution in [1.82, 2.24) is 10.0 Å². The third-order valence-corrected chi connectivity index (χ3v) is 4.37. The number of carbonyl (C=O) groups is 1. The van der Waals surface area contributed by atoms with E-state index in [9.17, 15) is 13.2 Å². The van der Waals surface area contributed by atoms with Crippen molar-refractivity contribution in [3.8, 4) is 0 Å². The molecule has 4 N–H and O–H groups in total. The van der Waals surface area contributed by atoms with Gasteiger partial charge in [0.25, 0.3) is 0 Å². The molecule has 1 amide bonds. The van der Waals surface area contributed by atoms with Gasteiger partial charge in [-0.1, -0.05) is 23.2 Å². The van der Waals surface area contributed by atoms with Crippen molar-refractivity contribution >= 4 is 44.8 Å². The minimum Gasteiger partial charge on any atom is -0.396 e. The molecule has 1 aromatic rings. The van der Waals surface area contributed by atoms with Crippen molar-refractivity contribution in [2.45, 2.75) is 4.90 Å². The van der Waals surface area contributed by atoms with Gasteiger partial charge in [-0.25, -0.2) is 13.1 Å². The van der Waals surface area contributed by atoms with Crippen LogP contribution >= 0.6 is 23.2 Å². The number of nitrogens with one attached hydrogen (secondary N) is 2. The van der Waals surface area contributed by atoms with Crippen LogP contribution in [0.4, 0.5) is 5.69 Å². The first kappa shape index (κ1) is 15.0. The van der Waals surface area contributed by atoms with Gasteiger partial charge in [-0.05, 0) is 12.1 Å². The highest BCUT2D eigenvalue weighted by Gasteiger charge is 2.21. The van der Waals surface area contributed by atoms with Crippen molar-refractivity contribution in [3.63, 3.8) is 0 Å². The number of rotatable bonds is 4. The van der Waals surface area contributed by atoms with E-state index in [4.69, 9.17) is 28.9 Å². The molecule has 0 fully saturated rings. The Hall–Kier alpha value is -1.02. The normalized spacial score (nSPS) is 11.3. The smallest absolute Gasteiger partial charge is 0.242 e. The number of nitrogen functional groups attached to an aromatic ring is 1. The lowest BCUT2D eigenvalue weighted by Crippen LogP contribution is -2.35. The van der Waals surface area contributed by atoms with Crippen LogP contribution in [0.3, 0.4) is 0 Å². The van der Waals surface area contributed by atoms with Crippen molar-refractivity contribution in [3.05, 3.63) is 22.2 Å². The molecule has 0 radical (unpaired) electrons. The number of amides is 1. The third-order valence-electron chi connectivity index (χ3n) is 2.08. The first-order valence-electron chi connectivity index (χ1n) is 4.73. The summed E-state index contributed by atoms with van der Waals surface area (Å²) < 4.78 is 25.8. The third kappa shape index (κ3) is 3.26. The van der Waals surface area contributed by atoms with E-state index in [0.717, 1.165) is 0 Å². The van der Waals surface area contributed by atoms with Crippen LogP contribution < -0.4 is 15.8 Å². The average Bonchev–Trinajstić information content (AvgIpc) is 2.32. The molecule has 18 heavy (non-hydrogen) atoms. The second kappa shape index (κ2) is 5.75. The second-order valence-corrected chi connectivity index (χ2v) is 5.79. The molecule has 6 nitrogen and oxygen atoms in total. The summed E-state index contributed by atoms with van der Waals surface area (Å²) in [7, 11) is -2.52. The molecule has 0 atom stereocenters. The van der Waals surface area contributed by atoms with E-state index in [1.54, 1.807) is 0 Å². The molecule has 1 rings (SSSR count). The summed E-state index contributed by atoms with van der Waals surface area (Å²) in [5.74, 6) is -0.475. The molecule has 0 spiro atoms. The lowest BCUT2D eigenvalue weighted by molar-refractivity contribution is -0.119. The van der Waals surface area contributed by atoms with E-state index in [1.165, 1.54) is 19.2 Å². The maximum atomic E-state index is 11.9. The molecule has 9 heteroatoms. The number of halogens is 2. The van der Waals surface area contributed by atoms with Crippen LogP contribution in [0.15, 0.2) is 17.0 Å². The van der Waals surface area contributed by atoms with Gasteiger partial charge >= 0.3 is 0 Å². The molecule has 0 aliphatic carbocycles. The van der Waals surface area contributed by atoms with Gasteiger partial charge in [0.15, 0.2) is 0 Å². The summed E-state index contributed by atoms with van der Waals surface area (Å²) >= 11 is 11.5. The molecule has 100 valence electrons. The molecule has 0 aliphatic rings. The Morgan fingerprint density at radius 3 is 2.56 bits per heavy atom. The number of hydrogen-bond acceptors (Lipinski definition) is 4. The minimum atomic E-state index is -3.92. The summed E-state index contributed by atoms with van der Waals surface area (Å²) in [5.41, 5.74) is 5.50. The highest BCUT2D eigenvalue weighted by atomic mass is 35.5. The van der Waals surface area contributed by atoms with E-state index in [2.05, 4.69) is 10.0 Å². The fraction of sp³-hybridized carbons (Fsp3) is 0.222. The fourth-order valence-electron chi connectivity index (χ4n) is 1.08. The van der Waals surface area contributed by atoms with Crippen molar-refractivity contribution in [1.29, 1.82) is 0 Å². The van der Waals surface area contributed by atoms with Gasteiger partial charge in [0.1, 0.15) is 4.90 Å². The summed E-state index contributed by atoms with van der Waals surface area (Å²) in [6, 6.07) is 2.53. The van der Waals surface area contributed by atoms with Gasteiger partial charge in [-0.15, -0.1) is 0 Å². The van der Waals surface area contributed by atoms with E-state index >= 15 is 0 Å². The summed E-state index contributed by atoms with van der Waals surface area (Å²) in [6.45, 7) is -0.391. The molecule has 1 aromatic carbocycles. The Balaban J connectivity index is 3.06. The summed E-state index contributed by atoms with van der Waals surface area (Å²) in [4.78, 5) is 10.8. The first-order valence-corrected chi connectivity index (χ1v) is 6.97. The quantitative estimate of drug-likeness (QED) is 0.709. The second-order valence-electron chi connectivity index (χ2n) is 3.27. The monoisotopic (exact) mass is 311 g/mol. The van der Waals surface area contributed by atoms with E-state index in [-0.39, 0.29) is 20.6 Å². The topological polar surface area (TPSA) is 101 Å². The number of carbonyl (C=O) groups excluding carboxylic acids is 1. The van der Waals surface area contributed by atoms with Gasteiger partial charge < -0.3 is 11.1 Å². The van der Waals surface area contributed by atoms with Crippen LogP contribution in [0.1, 0.15) is 0 Å². The summed E-state index contributed by atoms with van der Waals surface area (Å²) in [6.07, 6.45) is 0. The van der Waals surface area contributed by atoms with Crippen molar-refractivity contribution < 1.29 is 13.2 Å². The highest BCUT2D eigenvalue weighted by molar-refractivity contribution is 7.89. The van der Waals surface area contributed by atoms with Gasteiger partial charge in [0, 0.05) is 7.05 Å². The zero-order chi connectivity index (χ0) is 13.9. The fourth-order valence-corrected chi connectivity index (χ4v) is 2.83. The Labute approximate surface area is 114 Å². The summed E-state index contributed by atoms with van der Waals surface area (Å²) in [5, 5.41) is 2.26. The average molecular weight is 312 g/mol. The van der Waals surface area contributed by atoms with Gasteiger partial charge in [0.05, 0.1) is 22.3 Å². The lowest BCUT2D eigenvalue weighted by Gasteiger charge is -2.10. The molecule has 0 aliphatic heterocycles. The number of nitrogens with two attached hydrogens (primary N) is 1. The first-order chi connectivity index (χ1) is 8.29. The van der Waals surface area contributed by atoms with Gasteiger partial charge in [-0.3, -0.25) is 4.79 Å². The van der Waals surface area contributed by atoms with Gasteiger partial charge in [0.2, 0.25) is 15.9 Å². The zero-order valence-electron chi connectivity index (χ0n) is 9.33. The molecule has 0 bridgehead atoms. The highest BCUT2D eigenvalue weighted by Crippen LogP contribution is 2.32. The van der Waals surface area contributed by atoms with Crippen LogP contribution in [0.25, 0.3) is 0 Å². The van der Waals surface area contributed by atoms with Crippen LogP contribution in [0.2, 0.25) is 10.0 Å². The van der Waals surface area contributed by atoms with E-state index < -0.39 is 22.5 Å². The van der Waals surface area contributed by atoms with Crippen LogP contribution in [-0.4, -0.2) is 27.9 Å². The predicted molar refractivity (Wildman–Crippen MR) is 70.1 cm³/mol. The molecule has 0 saturated heterocycles. The van der Waals surface area contributed by atoms with Crippen LogP contribution in [0.5, 0.6) is 0 Å². The van der Waals surface area contributed by atoms with E-state index in [0.29, 0.717) is 0 Å². The molecule has 0 saturated carbocycles. The number of sulfonamides is 1. The Morgan fingerprint density at radius 1 is 1.39 bits per heavy atom. The number of hydrogen-bond donors (Lipinski definition) is 3. The zero-order valence-corrected chi connectivity index (χ0v) is 11.7. The molecular formula is C9H11Cl2N3O3S. The Bertz CT molecular complexity index is 575. The van der Waals surface area contributed by atoms with Crippen molar-refractivity contribution in [2.75, 3.05) is 19.3 Å². The van der Waals surface area contributed by atoms with Gasteiger partial charge in [-0.2, -0.15) is 0 Å². The standard InChI is InChI=1S/C9H11Cl2N3O3S/c1-13-7(15)4-14-18(16,17)6-3-2-5(10)9(12)8(6)11/h2-3,14H,4,12H2,1H3,(H,13,15). The van der Waals surface area contributed by atoms with Crippen LogP contribution in [0, 0.1) is 0 Å². The molecular weight excluding hydrogens is 301 g/mol. The number of anilines is 1. The maximum absolute atomic E-state index is 11.9. The van der Waals surface area contributed by atoms with Crippen molar-refractivity contribution in [2.24, 2.45) is 0 Å². The largest absolute Gasteiger partial charge is 0.396 e. The number of benzene rings is 1. The van der Waals surface area contributed by atoms with Crippen LogP contribution in [-0.2, 0) is 14.8 Å².